The molecule has 2 N–H and O–H groups in total. The maximum absolute atomic E-state index is 11.7. The maximum Gasteiger partial charge on any atom is 0.170 e. The minimum absolute atomic E-state index is 0.0113. The highest BCUT2D eigenvalue weighted by Crippen LogP contribution is 2.11. The zero-order chi connectivity index (χ0) is 10.7. The number of hydrogen-bond donors (Lipinski definition) is 1. The number of furan rings is 1. The van der Waals surface area contributed by atoms with E-state index < -0.39 is 0 Å². The van der Waals surface area contributed by atoms with Crippen molar-refractivity contribution in [2.45, 2.75) is 6.42 Å². The third-order valence-electron chi connectivity index (χ3n) is 2.12. The molecule has 15 heavy (non-hydrogen) atoms. The summed E-state index contributed by atoms with van der Waals surface area (Å²) >= 11 is 0. The molecule has 0 aliphatic carbocycles. The lowest BCUT2D eigenvalue weighted by molar-refractivity contribution is 0.0987. The van der Waals surface area contributed by atoms with Gasteiger partial charge in [-0.3, -0.25) is 4.79 Å². The van der Waals surface area contributed by atoms with E-state index in [-0.39, 0.29) is 12.2 Å². The fourth-order valence-corrected chi connectivity index (χ4v) is 1.39. The molecule has 2 rings (SSSR count). The number of carbonyl (C=O) groups is 1. The monoisotopic (exact) mass is 201 g/mol. The van der Waals surface area contributed by atoms with Gasteiger partial charge in [-0.25, -0.2) is 0 Å². The molecule has 1 aromatic carbocycles. The third kappa shape index (κ3) is 2.26. The maximum atomic E-state index is 11.7. The van der Waals surface area contributed by atoms with Crippen molar-refractivity contribution in [2.24, 2.45) is 0 Å². The van der Waals surface area contributed by atoms with Gasteiger partial charge in [0, 0.05) is 11.3 Å². The molecule has 0 aliphatic heterocycles. The molecule has 0 radical (unpaired) electrons. The number of carbonyl (C=O) groups excluding carboxylic acids is 1. The van der Waals surface area contributed by atoms with Gasteiger partial charge in [-0.05, 0) is 24.3 Å². The first-order valence-corrected chi connectivity index (χ1v) is 4.67. The molecule has 0 bridgehead atoms. The minimum Gasteiger partial charge on any atom is -0.469 e. The Kier molecular flexibility index (Phi) is 2.54. The molecule has 0 aliphatic rings. The molecule has 2 aromatic rings. The van der Waals surface area contributed by atoms with Crippen LogP contribution in [0.1, 0.15) is 16.1 Å². The number of hydrogen-bond acceptors (Lipinski definition) is 3. The summed E-state index contributed by atoms with van der Waals surface area (Å²) in [6.07, 6.45) is 1.83. The summed E-state index contributed by atoms with van der Waals surface area (Å²) in [6.45, 7) is 0. The van der Waals surface area contributed by atoms with Gasteiger partial charge >= 0.3 is 0 Å². The van der Waals surface area contributed by atoms with Crippen LogP contribution in [0.15, 0.2) is 47.1 Å². The van der Waals surface area contributed by atoms with Gasteiger partial charge in [0.25, 0.3) is 0 Å². The number of nitrogen functional groups attached to an aromatic ring is 1. The van der Waals surface area contributed by atoms with Gasteiger partial charge in [-0.2, -0.15) is 0 Å². The van der Waals surface area contributed by atoms with Gasteiger partial charge in [0.2, 0.25) is 0 Å². The Morgan fingerprint density at radius 3 is 2.80 bits per heavy atom. The molecule has 0 spiro atoms. The lowest BCUT2D eigenvalue weighted by atomic mass is 10.1. The molecule has 0 unspecified atom stereocenters. The molecule has 0 fully saturated rings. The predicted molar refractivity (Wildman–Crippen MR) is 57.6 cm³/mol. The van der Waals surface area contributed by atoms with E-state index in [1.54, 1.807) is 42.7 Å². The van der Waals surface area contributed by atoms with Gasteiger partial charge < -0.3 is 10.2 Å². The van der Waals surface area contributed by atoms with E-state index in [0.717, 1.165) is 0 Å². The summed E-state index contributed by atoms with van der Waals surface area (Å²) in [4.78, 5) is 11.7. The second-order valence-electron chi connectivity index (χ2n) is 3.30. The van der Waals surface area contributed by atoms with Crippen molar-refractivity contribution < 1.29 is 9.21 Å². The van der Waals surface area contributed by atoms with E-state index in [1.165, 1.54) is 0 Å². The molecule has 3 nitrogen and oxygen atoms in total. The molecule has 1 aromatic heterocycles. The average molecular weight is 201 g/mol. The highest BCUT2D eigenvalue weighted by molar-refractivity contribution is 5.97. The normalized spacial score (nSPS) is 10.1. The largest absolute Gasteiger partial charge is 0.469 e. The summed E-state index contributed by atoms with van der Waals surface area (Å²) in [5.74, 6) is 0.680. The Balaban J connectivity index is 2.15. The number of benzene rings is 1. The molecule has 0 saturated carbocycles. The van der Waals surface area contributed by atoms with Crippen molar-refractivity contribution in [3.63, 3.8) is 0 Å². The highest BCUT2D eigenvalue weighted by Gasteiger charge is 2.08. The van der Waals surface area contributed by atoms with E-state index >= 15 is 0 Å². The van der Waals surface area contributed by atoms with Crippen molar-refractivity contribution >= 4 is 11.5 Å². The molecular weight excluding hydrogens is 190 g/mol. The van der Waals surface area contributed by atoms with Crippen LogP contribution in [-0.2, 0) is 6.42 Å². The quantitative estimate of drug-likeness (QED) is 0.612. The second-order valence-corrected chi connectivity index (χ2v) is 3.30. The summed E-state index contributed by atoms with van der Waals surface area (Å²) in [5.41, 5.74) is 6.81. The van der Waals surface area contributed by atoms with Crippen LogP contribution < -0.4 is 5.73 Å². The van der Waals surface area contributed by atoms with E-state index in [9.17, 15) is 4.79 Å². The Morgan fingerprint density at radius 1 is 1.27 bits per heavy atom. The highest BCUT2D eigenvalue weighted by atomic mass is 16.3. The first kappa shape index (κ1) is 9.52. The van der Waals surface area contributed by atoms with Crippen molar-refractivity contribution in [1.82, 2.24) is 0 Å². The molecule has 76 valence electrons. The lowest BCUT2D eigenvalue weighted by Crippen LogP contribution is -2.03. The topological polar surface area (TPSA) is 56.2 Å². The van der Waals surface area contributed by atoms with E-state index in [4.69, 9.17) is 10.2 Å². The first-order chi connectivity index (χ1) is 7.25. The van der Waals surface area contributed by atoms with Crippen LogP contribution >= 0.6 is 0 Å². The number of Topliss-reactive ketones (excluding diaryl/α,β-unsaturated/α-hetero) is 1. The summed E-state index contributed by atoms with van der Waals surface area (Å²) in [6, 6.07) is 10.5. The summed E-state index contributed by atoms with van der Waals surface area (Å²) < 4.78 is 5.10. The minimum atomic E-state index is 0.0113. The number of nitrogens with two attached hydrogens (primary N) is 1. The Hall–Kier alpha value is -2.03. The molecular formula is C12H11NO2. The number of anilines is 1. The lowest BCUT2D eigenvalue weighted by Gasteiger charge is -1.99. The second kappa shape index (κ2) is 4.00. The van der Waals surface area contributed by atoms with Gasteiger partial charge in [-0.15, -0.1) is 0 Å². The van der Waals surface area contributed by atoms with Crippen LogP contribution in [0.4, 0.5) is 5.69 Å². The predicted octanol–water partition coefficient (Wildman–Crippen LogP) is 2.29. The summed E-state index contributed by atoms with van der Waals surface area (Å²) in [5, 5.41) is 0. The molecule has 0 amide bonds. The van der Waals surface area contributed by atoms with Crippen molar-refractivity contribution in [2.75, 3.05) is 5.73 Å². The van der Waals surface area contributed by atoms with Gasteiger partial charge in [0.15, 0.2) is 5.78 Å². The average Bonchev–Trinajstić information content (AvgIpc) is 2.70. The van der Waals surface area contributed by atoms with Crippen LogP contribution in [0, 0.1) is 0 Å². The van der Waals surface area contributed by atoms with Crippen LogP contribution in [0.5, 0.6) is 0 Å². The van der Waals surface area contributed by atoms with Gasteiger partial charge in [-0.1, -0.05) is 12.1 Å². The van der Waals surface area contributed by atoms with Gasteiger partial charge in [0.05, 0.1) is 12.7 Å². The van der Waals surface area contributed by atoms with Crippen molar-refractivity contribution in [3.8, 4) is 0 Å². The Bertz CT molecular complexity index is 460. The van der Waals surface area contributed by atoms with Crippen LogP contribution in [0.3, 0.4) is 0 Å². The smallest absolute Gasteiger partial charge is 0.170 e. The fraction of sp³-hybridized carbons (Fsp3) is 0.0833. The standard InChI is InChI=1S/C12H11NO2/c13-10-4-1-3-9(7-10)12(14)8-11-5-2-6-15-11/h1-7H,8,13H2. The van der Waals surface area contributed by atoms with E-state index in [0.29, 0.717) is 17.0 Å². The Labute approximate surface area is 87.5 Å². The van der Waals surface area contributed by atoms with Crippen LogP contribution in [0.2, 0.25) is 0 Å². The number of rotatable bonds is 3. The van der Waals surface area contributed by atoms with Crippen molar-refractivity contribution in [3.05, 3.63) is 54.0 Å². The van der Waals surface area contributed by atoms with E-state index in [2.05, 4.69) is 0 Å². The molecule has 3 heteroatoms. The van der Waals surface area contributed by atoms with Gasteiger partial charge in [0.1, 0.15) is 5.76 Å². The first-order valence-electron chi connectivity index (χ1n) is 4.67. The third-order valence-corrected chi connectivity index (χ3v) is 2.12. The molecule has 1 heterocycles. The van der Waals surface area contributed by atoms with E-state index in [1.807, 2.05) is 0 Å². The summed E-state index contributed by atoms with van der Waals surface area (Å²) in [7, 11) is 0. The molecule has 0 atom stereocenters. The van der Waals surface area contributed by atoms with Crippen LogP contribution in [0.25, 0.3) is 0 Å². The fourth-order valence-electron chi connectivity index (χ4n) is 1.39. The zero-order valence-corrected chi connectivity index (χ0v) is 8.14. The Morgan fingerprint density at radius 2 is 2.13 bits per heavy atom. The number of ketones is 1. The van der Waals surface area contributed by atoms with Crippen molar-refractivity contribution in [1.29, 1.82) is 0 Å². The zero-order valence-electron chi connectivity index (χ0n) is 8.14. The molecule has 0 saturated heterocycles. The SMILES string of the molecule is Nc1cccc(C(=O)Cc2ccco2)c1. The van der Waals surface area contributed by atoms with Crippen LogP contribution in [-0.4, -0.2) is 5.78 Å².